The van der Waals surface area contributed by atoms with E-state index in [1.54, 1.807) is 7.11 Å². The smallest absolute Gasteiger partial charge is 0.151 e. The minimum Gasteiger partial charge on any atom is -0.496 e. The van der Waals surface area contributed by atoms with E-state index in [9.17, 15) is 0 Å². The van der Waals surface area contributed by atoms with Gasteiger partial charge in [-0.2, -0.15) is 0 Å². The van der Waals surface area contributed by atoms with Crippen LogP contribution in [0, 0.1) is 10.8 Å². The quantitative estimate of drug-likeness (QED) is 0.488. The monoisotopic (exact) mass is 284 g/mol. The predicted molar refractivity (Wildman–Crippen MR) is 79.4 cm³/mol. The van der Waals surface area contributed by atoms with Crippen LogP contribution in [-0.4, -0.2) is 17.4 Å². The Kier molecular flexibility index (Phi) is 5.87. The number of ether oxygens (including phenoxy) is 1. The summed E-state index contributed by atoms with van der Waals surface area (Å²) < 4.78 is 5.26. The van der Waals surface area contributed by atoms with Gasteiger partial charge in [0.25, 0.3) is 0 Å². The molecule has 0 saturated carbocycles. The Morgan fingerprint density at radius 2 is 1.78 bits per heavy atom. The van der Waals surface area contributed by atoms with Crippen LogP contribution in [0.15, 0.2) is 18.2 Å². The topological polar surface area (TPSA) is 109 Å². The Morgan fingerprint density at radius 3 is 2.33 bits per heavy atom. The zero-order valence-corrected chi connectivity index (χ0v) is 11.7. The molecule has 0 saturated heterocycles. The molecule has 0 aliphatic rings. The minimum atomic E-state index is 0.0839. The molecule has 0 spiro atoms. The molecule has 5 nitrogen and oxygen atoms in total. The largest absolute Gasteiger partial charge is 0.496 e. The summed E-state index contributed by atoms with van der Waals surface area (Å²) in [5.41, 5.74) is 12.7. The van der Waals surface area contributed by atoms with Crippen LogP contribution in [0.25, 0.3) is 0 Å². The highest BCUT2D eigenvalue weighted by atomic mass is 32.2. The minimum absolute atomic E-state index is 0.0839. The van der Waals surface area contributed by atoms with Gasteiger partial charge in [0.1, 0.15) is 5.75 Å². The Bertz CT molecular complexity index is 451. The molecule has 1 rings (SSSR count). The van der Waals surface area contributed by atoms with Crippen LogP contribution in [0.2, 0.25) is 0 Å². The van der Waals surface area contributed by atoms with E-state index in [4.69, 9.17) is 27.0 Å². The van der Waals surface area contributed by atoms with Gasteiger partial charge in [0.2, 0.25) is 0 Å². The summed E-state index contributed by atoms with van der Waals surface area (Å²) in [5.74, 6) is 2.02. The van der Waals surface area contributed by atoms with E-state index < -0.39 is 0 Å². The number of amidine groups is 2. The molecule has 98 valence electrons. The molecule has 7 heteroatoms. The number of nitrogens with two attached hydrogens (primary N) is 2. The maximum atomic E-state index is 7.21. The van der Waals surface area contributed by atoms with Crippen LogP contribution in [-0.2, 0) is 11.5 Å². The molecule has 1 aromatic rings. The number of benzene rings is 1. The van der Waals surface area contributed by atoms with Gasteiger partial charge < -0.3 is 16.2 Å². The molecule has 0 aliphatic carbocycles. The summed E-state index contributed by atoms with van der Waals surface area (Å²) in [6.07, 6.45) is 0. The lowest BCUT2D eigenvalue weighted by Gasteiger charge is -2.10. The lowest BCUT2D eigenvalue weighted by Crippen LogP contribution is -2.05. The first-order chi connectivity index (χ1) is 8.52. The fourth-order valence-corrected chi connectivity index (χ4v) is 2.39. The van der Waals surface area contributed by atoms with E-state index >= 15 is 0 Å². The highest BCUT2D eigenvalue weighted by Crippen LogP contribution is 2.26. The standard InChI is InChI=1S/C11H16N4OS2/c1-16-9-3-2-7(5-17-10(12)13)4-8(9)6-18-11(14)15/h2-4H,5-6H2,1H3,(H3,12,13)(H3,14,15). The second-order valence-electron chi connectivity index (χ2n) is 3.45. The van der Waals surface area contributed by atoms with E-state index in [1.807, 2.05) is 18.2 Å². The number of methoxy groups -OCH3 is 1. The number of hydrogen-bond donors (Lipinski definition) is 4. The summed E-state index contributed by atoms with van der Waals surface area (Å²) in [4.78, 5) is 0. The van der Waals surface area contributed by atoms with Crippen molar-refractivity contribution in [2.45, 2.75) is 11.5 Å². The number of hydrogen-bond acceptors (Lipinski definition) is 5. The Labute approximate surface area is 115 Å². The molecule has 6 N–H and O–H groups in total. The molecule has 0 radical (unpaired) electrons. The molecule has 0 fully saturated rings. The lowest BCUT2D eigenvalue weighted by molar-refractivity contribution is 0.411. The van der Waals surface area contributed by atoms with Gasteiger partial charge in [-0.15, -0.1) is 0 Å². The fourth-order valence-electron chi connectivity index (χ4n) is 1.35. The Hall–Kier alpha value is -1.34. The fraction of sp³-hybridized carbons (Fsp3) is 0.273. The van der Waals surface area contributed by atoms with E-state index in [1.165, 1.54) is 23.5 Å². The van der Waals surface area contributed by atoms with E-state index in [2.05, 4.69) is 0 Å². The third-order valence-electron chi connectivity index (χ3n) is 2.12. The van der Waals surface area contributed by atoms with Crippen LogP contribution in [0.1, 0.15) is 11.1 Å². The van der Waals surface area contributed by atoms with Crippen molar-refractivity contribution >= 4 is 33.9 Å². The van der Waals surface area contributed by atoms with Crippen LogP contribution in [0.4, 0.5) is 0 Å². The molecule has 18 heavy (non-hydrogen) atoms. The first kappa shape index (κ1) is 14.7. The zero-order valence-electron chi connectivity index (χ0n) is 10.0. The molecule has 0 bridgehead atoms. The molecule has 1 aromatic carbocycles. The molecule has 0 aromatic heterocycles. The number of thioether (sulfide) groups is 2. The van der Waals surface area contributed by atoms with Crippen molar-refractivity contribution in [3.8, 4) is 5.75 Å². The average molecular weight is 284 g/mol. The lowest BCUT2D eigenvalue weighted by atomic mass is 10.1. The van der Waals surface area contributed by atoms with Crippen molar-refractivity contribution in [2.75, 3.05) is 7.11 Å². The highest BCUT2D eigenvalue weighted by Gasteiger charge is 2.06. The molecule has 0 heterocycles. The molecule has 0 amide bonds. The number of rotatable bonds is 5. The van der Waals surface area contributed by atoms with Gasteiger partial charge >= 0.3 is 0 Å². The van der Waals surface area contributed by atoms with Gasteiger partial charge in [0.15, 0.2) is 10.3 Å². The summed E-state index contributed by atoms with van der Waals surface area (Å²) in [6.45, 7) is 0. The number of nitrogens with one attached hydrogen (secondary N) is 2. The van der Waals surface area contributed by atoms with Crippen LogP contribution < -0.4 is 16.2 Å². The normalized spacial score (nSPS) is 10.1. The van der Waals surface area contributed by atoms with Crippen LogP contribution in [0.3, 0.4) is 0 Å². The van der Waals surface area contributed by atoms with Gasteiger partial charge in [0.05, 0.1) is 7.11 Å². The van der Waals surface area contributed by atoms with E-state index in [0.717, 1.165) is 16.9 Å². The zero-order chi connectivity index (χ0) is 13.5. The Balaban J connectivity index is 2.80. The van der Waals surface area contributed by atoms with Crippen LogP contribution >= 0.6 is 23.5 Å². The first-order valence-electron chi connectivity index (χ1n) is 5.12. The van der Waals surface area contributed by atoms with Crippen molar-refractivity contribution < 1.29 is 4.74 Å². The van der Waals surface area contributed by atoms with Gasteiger partial charge in [-0.05, 0) is 11.6 Å². The van der Waals surface area contributed by atoms with Gasteiger partial charge in [-0.1, -0.05) is 35.7 Å². The van der Waals surface area contributed by atoms with Crippen molar-refractivity contribution in [2.24, 2.45) is 11.5 Å². The SMILES string of the molecule is COc1ccc(CSC(=N)N)cc1CSC(=N)N. The maximum absolute atomic E-state index is 7.21. The van der Waals surface area contributed by atoms with Gasteiger partial charge in [-0.3, -0.25) is 10.8 Å². The first-order valence-corrected chi connectivity index (χ1v) is 7.09. The van der Waals surface area contributed by atoms with E-state index in [0.29, 0.717) is 11.5 Å². The Morgan fingerprint density at radius 1 is 1.17 bits per heavy atom. The van der Waals surface area contributed by atoms with Crippen LogP contribution in [0.5, 0.6) is 5.75 Å². The van der Waals surface area contributed by atoms with Gasteiger partial charge in [-0.25, -0.2) is 0 Å². The molecule has 0 unspecified atom stereocenters. The second-order valence-corrected chi connectivity index (χ2v) is 5.49. The summed E-state index contributed by atoms with van der Waals surface area (Å²) in [7, 11) is 1.61. The molecule has 0 aliphatic heterocycles. The highest BCUT2D eigenvalue weighted by molar-refractivity contribution is 8.13. The predicted octanol–water partition coefficient (Wildman–Crippen LogP) is 1.95. The third kappa shape index (κ3) is 4.89. The van der Waals surface area contributed by atoms with Crippen molar-refractivity contribution in [1.82, 2.24) is 0 Å². The van der Waals surface area contributed by atoms with E-state index in [-0.39, 0.29) is 10.3 Å². The summed E-state index contributed by atoms with van der Waals surface area (Å²) in [5, 5.41) is 14.6. The maximum Gasteiger partial charge on any atom is 0.151 e. The third-order valence-corrected chi connectivity index (χ3v) is 3.68. The van der Waals surface area contributed by atoms with Crippen molar-refractivity contribution in [3.05, 3.63) is 29.3 Å². The molecule has 0 atom stereocenters. The summed E-state index contributed by atoms with van der Waals surface area (Å²) in [6, 6.07) is 5.81. The van der Waals surface area contributed by atoms with Crippen molar-refractivity contribution in [1.29, 1.82) is 10.8 Å². The van der Waals surface area contributed by atoms with Gasteiger partial charge in [0, 0.05) is 17.1 Å². The summed E-state index contributed by atoms with van der Waals surface area (Å²) >= 11 is 2.53. The molecular formula is C11H16N4OS2. The second kappa shape index (κ2) is 7.17. The van der Waals surface area contributed by atoms with Crippen molar-refractivity contribution in [3.63, 3.8) is 0 Å². The average Bonchev–Trinajstić information content (AvgIpc) is 2.33. The molecular weight excluding hydrogens is 268 g/mol.